The summed E-state index contributed by atoms with van der Waals surface area (Å²) in [6.07, 6.45) is 1.67. The van der Waals surface area contributed by atoms with Crippen molar-refractivity contribution in [3.05, 3.63) is 76.8 Å². The summed E-state index contributed by atoms with van der Waals surface area (Å²) in [7, 11) is 0. The van der Waals surface area contributed by atoms with Crippen LogP contribution in [0.5, 0.6) is 11.5 Å². The van der Waals surface area contributed by atoms with Gasteiger partial charge in [-0.15, -0.1) is 0 Å². The van der Waals surface area contributed by atoms with Crippen LogP contribution in [0.25, 0.3) is 5.57 Å². The molecule has 1 N–H and O–H groups in total. The van der Waals surface area contributed by atoms with E-state index in [1.807, 2.05) is 0 Å². The number of hydrogen-bond donors (Lipinski definition) is 1. The van der Waals surface area contributed by atoms with Crippen molar-refractivity contribution in [2.75, 3.05) is 6.61 Å². The van der Waals surface area contributed by atoms with Crippen molar-refractivity contribution in [1.29, 1.82) is 0 Å². The van der Waals surface area contributed by atoms with Gasteiger partial charge in [0.25, 0.3) is 0 Å². The maximum Gasteiger partial charge on any atom is 0.336 e. The number of halogens is 1. The molecule has 0 amide bonds. The molecule has 0 fully saturated rings. The highest BCUT2D eigenvalue weighted by molar-refractivity contribution is 6.30. The Kier molecular flexibility index (Phi) is 6.87. The van der Waals surface area contributed by atoms with Crippen molar-refractivity contribution in [3.8, 4) is 11.5 Å². The zero-order valence-electron chi connectivity index (χ0n) is 14.8. The van der Waals surface area contributed by atoms with Crippen LogP contribution in [0, 0.1) is 0 Å². The van der Waals surface area contributed by atoms with Gasteiger partial charge in [0, 0.05) is 5.02 Å². The molecule has 26 heavy (non-hydrogen) atoms. The minimum absolute atomic E-state index is 0.201. The Morgan fingerprint density at radius 3 is 2.27 bits per heavy atom. The van der Waals surface area contributed by atoms with Crippen LogP contribution in [-0.4, -0.2) is 17.7 Å². The van der Waals surface area contributed by atoms with Crippen molar-refractivity contribution in [2.45, 2.75) is 20.5 Å². The van der Waals surface area contributed by atoms with Crippen molar-refractivity contribution in [1.82, 2.24) is 0 Å². The van der Waals surface area contributed by atoms with Gasteiger partial charge in [-0.1, -0.05) is 35.9 Å². The molecular weight excluding hydrogens is 352 g/mol. The summed E-state index contributed by atoms with van der Waals surface area (Å²) in [4.78, 5) is 11.6. The smallest absolute Gasteiger partial charge is 0.336 e. The average molecular weight is 373 g/mol. The number of carboxylic acid groups (broad SMARTS) is 1. The van der Waals surface area contributed by atoms with Gasteiger partial charge in [-0.25, -0.2) is 4.79 Å². The second kappa shape index (κ2) is 9.11. The van der Waals surface area contributed by atoms with Gasteiger partial charge in [-0.3, -0.25) is 0 Å². The highest BCUT2D eigenvalue weighted by atomic mass is 35.5. The van der Waals surface area contributed by atoms with Crippen LogP contribution in [0.15, 0.2) is 60.7 Å². The molecule has 0 bridgehead atoms. The highest BCUT2D eigenvalue weighted by Gasteiger charge is 2.17. The van der Waals surface area contributed by atoms with Crippen LogP contribution in [0.4, 0.5) is 0 Å². The molecule has 2 aromatic rings. The third-order valence-electron chi connectivity index (χ3n) is 3.64. The third-order valence-corrected chi connectivity index (χ3v) is 3.87. The van der Waals surface area contributed by atoms with Gasteiger partial charge < -0.3 is 14.6 Å². The van der Waals surface area contributed by atoms with E-state index >= 15 is 0 Å². The lowest BCUT2D eigenvalue weighted by molar-refractivity contribution is -0.130. The lowest BCUT2D eigenvalue weighted by Gasteiger charge is -2.14. The molecule has 2 aromatic carbocycles. The second-order valence-electron chi connectivity index (χ2n) is 5.84. The van der Waals surface area contributed by atoms with E-state index in [2.05, 4.69) is 6.58 Å². The average Bonchev–Trinajstić information content (AvgIpc) is 2.60. The predicted molar refractivity (Wildman–Crippen MR) is 104 cm³/mol. The number of allylic oxidation sites excluding steroid dienone is 1. The van der Waals surface area contributed by atoms with Crippen LogP contribution < -0.4 is 9.47 Å². The van der Waals surface area contributed by atoms with Gasteiger partial charge in [0.2, 0.25) is 0 Å². The van der Waals surface area contributed by atoms with Gasteiger partial charge in [0.15, 0.2) is 0 Å². The van der Waals surface area contributed by atoms with E-state index in [0.29, 0.717) is 34.1 Å². The first kappa shape index (κ1) is 19.6. The van der Waals surface area contributed by atoms with E-state index in [9.17, 15) is 9.90 Å². The van der Waals surface area contributed by atoms with Gasteiger partial charge in [0.05, 0.1) is 5.57 Å². The normalized spacial score (nSPS) is 10.1. The van der Waals surface area contributed by atoms with E-state index in [-0.39, 0.29) is 12.2 Å². The monoisotopic (exact) mass is 372 g/mol. The number of carboxylic acids is 1. The fraction of sp³-hybridized carbons (Fsp3) is 0.190. The molecule has 0 aliphatic heterocycles. The molecule has 0 aliphatic rings. The van der Waals surface area contributed by atoms with Crippen LogP contribution in [0.3, 0.4) is 0 Å². The van der Waals surface area contributed by atoms with E-state index in [0.717, 1.165) is 5.75 Å². The third kappa shape index (κ3) is 5.14. The number of rotatable bonds is 8. The zero-order chi connectivity index (χ0) is 19.1. The predicted octanol–water partition coefficient (Wildman–Crippen LogP) is 5.36. The van der Waals surface area contributed by atoms with Gasteiger partial charge in [-0.2, -0.15) is 0 Å². The van der Waals surface area contributed by atoms with E-state index in [4.69, 9.17) is 21.1 Å². The SMILES string of the molecule is C=CCOc1ccc(OCc2cc(Cl)ccc2C(C(=O)O)=C(C)C)cc1. The minimum Gasteiger partial charge on any atom is -0.490 e. The fourth-order valence-electron chi connectivity index (χ4n) is 2.47. The van der Waals surface area contributed by atoms with Crippen LogP contribution in [0.1, 0.15) is 25.0 Å². The van der Waals surface area contributed by atoms with Gasteiger partial charge >= 0.3 is 5.97 Å². The Balaban J connectivity index is 2.21. The lowest BCUT2D eigenvalue weighted by Crippen LogP contribution is -2.07. The topological polar surface area (TPSA) is 55.8 Å². The Hall–Kier alpha value is -2.72. The van der Waals surface area contributed by atoms with Gasteiger partial charge in [0.1, 0.15) is 24.7 Å². The molecule has 0 saturated carbocycles. The molecule has 5 heteroatoms. The molecule has 0 heterocycles. The van der Waals surface area contributed by atoms with Crippen molar-refractivity contribution in [2.24, 2.45) is 0 Å². The van der Waals surface area contributed by atoms with Crippen molar-refractivity contribution >= 4 is 23.1 Å². The highest BCUT2D eigenvalue weighted by Crippen LogP contribution is 2.27. The lowest BCUT2D eigenvalue weighted by atomic mass is 9.97. The Labute approximate surface area is 158 Å². The number of ether oxygens (including phenoxy) is 2. The Morgan fingerprint density at radius 1 is 1.12 bits per heavy atom. The summed E-state index contributed by atoms with van der Waals surface area (Å²) in [6.45, 7) is 7.78. The minimum atomic E-state index is -0.975. The summed E-state index contributed by atoms with van der Waals surface area (Å²) in [5, 5.41) is 10.1. The second-order valence-corrected chi connectivity index (χ2v) is 6.28. The Bertz CT molecular complexity index is 818. The molecule has 0 saturated heterocycles. The van der Waals surface area contributed by atoms with Crippen LogP contribution in [-0.2, 0) is 11.4 Å². The zero-order valence-corrected chi connectivity index (χ0v) is 15.5. The number of carbonyl (C=O) groups is 1. The molecule has 0 aliphatic carbocycles. The molecule has 4 nitrogen and oxygen atoms in total. The number of hydrogen-bond acceptors (Lipinski definition) is 3. The number of benzene rings is 2. The molecule has 0 radical (unpaired) electrons. The standard InChI is InChI=1S/C21H21ClO4/c1-4-11-25-17-6-8-18(9-7-17)26-13-15-12-16(22)5-10-19(15)20(14(2)3)21(23)24/h4-10,12H,1,11,13H2,2-3H3,(H,23,24). The largest absolute Gasteiger partial charge is 0.490 e. The molecule has 0 atom stereocenters. The molecule has 2 rings (SSSR count). The van der Waals surface area contributed by atoms with Gasteiger partial charge in [-0.05, 0) is 61.4 Å². The van der Waals surface area contributed by atoms with Crippen LogP contribution in [0.2, 0.25) is 5.02 Å². The maximum atomic E-state index is 11.6. The first-order chi connectivity index (χ1) is 12.4. The molecule has 0 unspecified atom stereocenters. The molecule has 0 aromatic heterocycles. The summed E-state index contributed by atoms with van der Waals surface area (Å²) in [5.41, 5.74) is 2.29. The van der Waals surface area contributed by atoms with Crippen molar-refractivity contribution in [3.63, 3.8) is 0 Å². The van der Waals surface area contributed by atoms with E-state index in [1.54, 1.807) is 62.4 Å². The summed E-state index contributed by atoms with van der Waals surface area (Å²) >= 11 is 6.09. The summed E-state index contributed by atoms with van der Waals surface area (Å²) in [5.74, 6) is 0.395. The first-order valence-corrected chi connectivity index (χ1v) is 8.46. The fourth-order valence-corrected chi connectivity index (χ4v) is 2.67. The van der Waals surface area contributed by atoms with Crippen molar-refractivity contribution < 1.29 is 19.4 Å². The first-order valence-electron chi connectivity index (χ1n) is 8.08. The molecule has 0 spiro atoms. The van der Waals surface area contributed by atoms with E-state index < -0.39 is 5.97 Å². The Morgan fingerprint density at radius 2 is 1.73 bits per heavy atom. The molecular formula is C21H21ClO4. The maximum absolute atomic E-state index is 11.6. The summed E-state index contributed by atoms with van der Waals surface area (Å²) < 4.78 is 11.2. The van der Waals surface area contributed by atoms with Crippen LogP contribution >= 0.6 is 11.6 Å². The molecule has 136 valence electrons. The number of aliphatic carboxylic acids is 1. The van der Waals surface area contributed by atoms with E-state index in [1.165, 1.54) is 0 Å². The quantitative estimate of drug-likeness (QED) is 0.500. The summed E-state index contributed by atoms with van der Waals surface area (Å²) in [6, 6.07) is 12.3.